The first-order chi connectivity index (χ1) is 7.15. The normalized spacial score (nSPS) is 10.3. The molecule has 1 aromatic heterocycles. The van der Waals surface area contributed by atoms with Gasteiger partial charge in [0.2, 0.25) is 0 Å². The third-order valence-electron chi connectivity index (χ3n) is 2.10. The van der Waals surface area contributed by atoms with Crippen LogP contribution in [0.15, 0.2) is 6.20 Å². The molecule has 84 valence electrons. The van der Waals surface area contributed by atoms with Gasteiger partial charge in [-0.3, -0.25) is 9.48 Å². The number of alkyl halides is 1. The van der Waals surface area contributed by atoms with Crippen LogP contribution in [0.1, 0.15) is 28.9 Å². The molecular weight excluding hydrogens is 214 g/mol. The Kier molecular flexibility index (Phi) is 4.62. The highest BCUT2D eigenvalue weighted by Crippen LogP contribution is 2.04. The van der Waals surface area contributed by atoms with E-state index in [-0.39, 0.29) is 5.91 Å². The van der Waals surface area contributed by atoms with E-state index in [2.05, 4.69) is 10.4 Å². The summed E-state index contributed by atoms with van der Waals surface area (Å²) in [5, 5.41) is 6.95. The molecule has 1 rings (SSSR count). The van der Waals surface area contributed by atoms with Gasteiger partial charge in [-0.15, -0.1) is 11.6 Å². The van der Waals surface area contributed by atoms with Gasteiger partial charge in [-0.25, -0.2) is 0 Å². The number of unbranched alkanes of at least 4 members (excludes halogenated alkanes) is 1. The third-order valence-corrected chi connectivity index (χ3v) is 2.37. The molecule has 4 nitrogen and oxygen atoms in total. The van der Waals surface area contributed by atoms with Crippen LogP contribution < -0.4 is 5.32 Å². The minimum Gasteiger partial charge on any atom is -0.352 e. The summed E-state index contributed by atoms with van der Waals surface area (Å²) in [4.78, 5) is 11.6. The summed E-state index contributed by atoms with van der Waals surface area (Å²) in [6, 6.07) is 0. The number of aryl methyl sites for hydroxylation is 2. The zero-order valence-electron chi connectivity index (χ0n) is 9.09. The molecule has 0 fully saturated rings. The predicted molar refractivity (Wildman–Crippen MR) is 60.2 cm³/mol. The van der Waals surface area contributed by atoms with Gasteiger partial charge in [-0.05, 0) is 19.8 Å². The number of halogens is 1. The Bertz CT molecular complexity index is 335. The summed E-state index contributed by atoms with van der Waals surface area (Å²) >= 11 is 5.54. The van der Waals surface area contributed by atoms with Crippen LogP contribution in [0.3, 0.4) is 0 Å². The average Bonchev–Trinajstić information content (AvgIpc) is 2.52. The molecule has 1 heterocycles. The number of carbonyl (C=O) groups is 1. The summed E-state index contributed by atoms with van der Waals surface area (Å²) < 4.78 is 1.64. The van der Waals surface area contributed by atoms with Crippen LogP contribution in [0.25, 0.3) is 0 Å². The fraction of sp³-hybridized carbons (Fsp3) is 0.600. The van der Waals surface area contributed by atoms with Gasteiger partial charge in [0.25, 0.3) is 5.91 Å². The SMILES string of the molecule is Cc1nn(C)cc1C(=O)NCCCCCl. The smallest absolute Gasteiger partial charge is 0.254 e. The number of nitrogens with one attached hydrogen (secondary N) is 1. The van der Waals surface area contributed by atoms with Crippen molar-refractivity contribution in [1.82, 2.24) is 15.1 Å². The number of nitrogens with zero attached hydrogens (tertiary/aromatic N) is 2. The minimum atomic E-state index is -0.0600. The van der Waals surface area contributed by atoms with Crippen molar-refractivity contribution in [1.29, 1.82) is 0 Å². The zero-order valence-corrected chi connectivity index (χ0v) is 9.84. The molecule has 0 aromatic carbocycles. The number of hydrogen-bond acceptors (Lipinski definition) is 2. The van der Waals surface area contributed by atoms with Crippen LogP contribution in [-0.4, -0.2) is 28.1 Å². The molecule has 0 saturated carbocycles. The van der Waals surface area contributed by atoms with Gasteiger partial charge < -0.3 is 5.32 Å². The lowest BCUT2D eigenvalue weighted by molar-refractivity contribution is 0.0952. The standard InChI is InChI=1S/C10H16ClN3O/c1-8-9(7-14(2)13-8)10(15)12-6-4-3-5-11/h7H,3-6H2,1-2H3,(H,12,15). The van der Waals surface area contributed by atoms with Gasteiger partial charge in [0, 0.05) is 25.7 Å². The molecule has 5 heteroatoms. The Morgan fingerprint density at radius 2 is 2.33 bits per heavy atom. The number of rotatable bonds is 5. The Labute approximate surface area is 94.6 Å². The molecule has 0 spiro atoms. The molecule has 1 aromatic rings. The van der Waals surface area contributed by atoms with Crippen LogP contribution in [0, 0.1) is 6.92 Å². The second kappa shape index (κ2) is 5.75. The summed E-state index contributed by atoms with van der Waals surface area (Å²) in [7, 11) is 1.80. The van der Waals surface area contributed by atoms with Gasteiger partial charge in [0.15, 0.2) is 0 Å². The van der Waals surface area contributed by atoms with Crippen LogP contribution >= 0.6 is 11.6 Å². The average molecular weight is 230 g/mol. The van der Waals surface area contributed by atoms with Gasteiger partial charge in [0.05, 0.1) is 11.3 Å². The van der Waals surface area contributed by atoms with Crippen molar-refractivity contribution in [3.05, 3.63) is 17.5 Å². The van der Waals surface area contributed by atoms with Gasteiger partial charge in [-0.2, -0.15) is 5.10 Å². The first-order valence-electron chi connectivity index (χ1n) is 4.99. The molecule has 1 amide bonds. The van der Waals surface area contributed by atoms with E-state index in [1.165, 1.54) is 0 Å². The molecule has 0 unspecified atom stereocenters. The molecule has 0 saturated heterocycles. The maximum absolute atomic E-state index is 11.6. The second-order valence-electron chi connectivity index (χ2n) is 3.45. The largest absolute Gasteiger partial charge is 0.352 e. The number of aromatic nitrogens is 2. The highest BCUT2D eigenvalue weighted by Gasteiger charge is 2.11. The summed E-state index contributed by atoms with van der Waals surface area (Å²) in [5.41, 5.74) is 1.40. The highest BCUT2D eigenvalue weighted by molar-refractivity contribution is 6.17. The number of hydrogen-bond donors (Lipinski definition) is 1. The number of carbonyl (C=O) groups excluding carboxylic acids is 1. The topological polar surface area (TPSA) is 46.9 Å². The first kappa shape index (κ1) is 12.0. The maximum atomic E-state index is 11.6. The molecule has 15 heavy (non-hydrogen) atoms. The van der Waals surface area contributed by atoms with Crippen molar-refractivity contribution >= 4 is 17.5 Å². The van der Waals surface area contributed by atoms with E-state index in [1.807, 2.05) is 6.92 Å². The van der Waals surface area contributed by atoms with Crippen molar-refractivity contribution in [2.45, 2.75) is 19.8 Å². The Hall–Kier alpha value is -1.03. The Morgan fingerprint density at radius 3 is 2.87 bits per heavy atom. The lowest BCUT2D eigenvalue weighted by Crippen LogP contribution is -2.24. The van der Waals surface area contributed by atoms with Crippen LogP contribution in [-0.2, 0) is 7.05 Å². The molecule has 1 N–H and O–H groups in total. The van der Waals surface area contributed by atoms with Crippen molar-refractivity contribution in [2.75, 3.05) is 12.4 Å². The van der Waals surface area contributed by atoms with E-state index in [1.54, 1.807) is 17.9 Å². The molecule has 0 radical (unpaired) electrons. The first-order valence-corrected chi connectivity index (χ1v) is 5.53. The molecular formula is C10H16ClN3O. The van der Waals surface area contributed by atoms with E-state index in [0.717, 1.165) is 18.5 Å². The maximum Gasteiger partial charge on any atom is 0.254 e. The van der Waals surface area contributed by atoms with E-state index in [4.69, 9.17) is 11.6 Å². The van der Waals surface area contributed by atoms with E-state index in [0.29, 0.717) is 18.0 Å². The Balaban J connectivity index is 2.43. The fourth-order valence-corrected chi connectivity index (χ4v) is 1.53. The predicted octanol–water partition coefficient (Wildman–Crippen LogP) is 1.48. The van der Waals surface area contributed by atoms with Crippen molar-refractivity contribution in [3.63, 3.8) is 0 Å². The van der Waals surface area contributed by atoms with E-state index >= 15 is 0 Å². The molecule has 0 bridgehead atoms. The van der Waals surface area contributed by atoms with Gasteiger partial charge in [-0.1, -0.05) is 0 Å². The summed E-state index contributed by atoms with van der Waals surface area (Å²) in [6.07, 6.45) is 3.56. The van der Waals surface area contributed by atoms with Gasteiger partial charge >= 0.3 is 0 Å². The lowest BCUT2D eigenvalue weighted by Gasteiger charge is -2.02. The highest BCUT2D eigenvalue weighted by atomic mass is 35.5. The van der Waals surface area contributed by atoms with Crippen molar-refractivity contribution < 1.29 is 4.79 Å². The number of amides is 1. The van der Waals surface area contributed by atoms with Crippen molar-refractivity contribution in [2.24, 2.45) is 7.05 Å². The summed E-state index contributed by atoms with van der Waals surface area (Å²) in [5.74, 6) is 0.581. The minimum absolute atomic E-state index is 0.0600. The molecule has 0 aliphatic rings. The summed E-state index contributed by atoms with van der Waals surface area (Å²) in [6.45, 7) is 2.49. The molecule has 0 aliphatic heterocycles. The van der Waals surface area contributed by atoms with Crippen molar-refractivity contribution in [3.8, 4) is 0 Å². The fourth-order valence-electron chi connectivity index (χ4n) is 1.34. The third kappa shape index (κ3) is 3.55. The van der Waals surface area contributed by atoms with Gasteiger partial charge in [0.1, 0.15) is 0 Å². The Morgan fingerprint density at radius 1 is 1.60 bits per heavy atom. The molecule has 0 atom stereocenters. The van der Waals surface area contributed by atoms with E-state index in [9.17, 15) is 4.79 Å². The monoisotopic (exact) mass is 229 g/mol. The zero-order chi connectivity index (χ0) is 11.3. The lowest BCUT2D eigenvalue weighted by atomic mass is 10.2. The van der Waals surface area contributed by atoms with E-state index < -0.39 is 0 Å². The molecule has 0 aliphatic carbocycles. The van der Waals surface area contributed by atoms with Crippen LogP contribution in [0.5, 0.6) is 0 Å². The van der Waals surface area contributed by atoms with Crippen LogP contribution in [0.4, 0.5) is 0 Å². The quantitative estimate of drug-likeness (QED) is 0.614. The van der Waals surface area contributed by atoms with Crippen LogP contribution in [0.2, 0.25) is 0 Å². The second-order valence-corrected chi connectivity index (χ2v) is 3.83.